The lowest BCUT2D eigenvalue weighted by Crippen LogP contribution is -2.41. The summed E-state index contributed by atoms with van der Waals surface area (Å²) >= 11 is 0. The summed E-state index contributed by atoms with van der Waals surface area (Å²) in [5.74, 6) is -0.286. The summed E-state index contributed by atoms with van der Waals surface area (Å²) in [6.07, 6.45) is 0. The highest BCUT2D eigenvalue weighted by atomic mass is 19.1. The van der Waals surface area contributed by atoms with Gasteiger partial charge in [-0.15, -0.1) is 0 Å². The Morgan fingerprint density at radius 3 is 2.10 bits per heavy atom. The minimum atomic E-state index is -0.525. The van der Waals surface area contributed by atoms with E-state index in [1.165, 1.54) is 6.07 Å². The highest BCUT2D eigenvalue weighted by Gasteiger charge is 2.51. The molecule has 0 aliphatic carbocycles. The van der Waals surface area contributed by atoms with Gasteiger partial charge in [0.05, 0.1) is 16.9 Å². The maximum absolute atomic E-state index is 14.1. The summed E-state index contributed by atoms with van der Waals surface area (Å²) in [6.45, 7) is 11.9. The van der Waals surface area contributed by atoms with Gasteiger partial charge in [0.25, 0.3) is 0 Å². The summed E-state index contributed by atoms with van der Waals surface area (Å²) < 4.78 is 25.9. The number of nitrogens with one attached hydrogen (secondary N) is 1. The van der Waals surface area contributed by atoms with Gasteiger partial charge in [-0.3, -0.25) is 0 Å². The second kappa shape index (κ2) is 5.04. The molecule has 1 aliphatic rings. The summed E-state index contributed by atoms with van der Waals surface area (Å²) in [7, 11) is -0.525. The lowest BCUT2D eigenvalue weighted by Gasteiger charge is -2.32. The van der Waals surface area contributed by atoms with Crippen LogP contribution in [0.15, 0.2) is 18.2 Å². The van der Waals surface area contributed by atoms with Gasteiger partial charge < -0.3 is 14.6 Å². The largest absolute Gasteiger partial charge is 0.494 e. The van der Waals surface area contributed by atoms with Gasteiger partial charge in [-0.25, -0.2) is 4.39 Å². The molecule has 1 N–H and O–H groups in total. The van der Waals surface area contributed by atoms with Crippen LogP contribution >= 0.6 is 0 Å². The monoisotopic (exact) mass is 279 g/mol. The Balaban J connectivity index is 2.22. The topological polar surface area (TPSA) is 30.5 Å². The van der Waals surface area contributed by atoms with Crippen LogP contribution < -0.4 is 10.8 Å². The van der Waals surface area contributed by atoms with Crippen LogP contribution in [0.3, 0.4) is 0 Å². The molecule has 0 aromatic heterocycles. The van der Waals surface area contributed by atoms with E-state index in [0.717, 1.165) is 0 Å². The second-order valence-corrected chi connectivity index (χ2v) is 6.63. The molecule has 2 rings (SSSR count). The zero-order valence-electron chi connectivity index (χ0n) is 13.1. The fraction of sp³-hybridized carbons (Fsp3) is 0.600. The first-order valence-corrected chi connectivity index (χ1v) is 7.04. The average Bonchev–Trinajstić information content (AvgIpc) is 2.50. The number of hydrogen-bond donors (Lipinski definition) is 1. The van der Waals surface area contributed by atoms with Crippen molar-refractivity contribution in [2.24, 2.45) is 0 Å². The van der Waals surface area contributed by atoms with Crippen LogP contribution in [0.5, 0.6) is 0 Å². The summed E-state index contributed by atoms with van der Waals surface area (Å²) in [5.41, 5.74) is 0.377. The zero-order valence-corrected chi connectivity index (χ0v) is 13.1. The van der Waals surface area contributed by atoms with Crippen LogP contribution in [0.25, 0.3) is 0 Å². The molecule has 0 saturated carbocycles. The summed E-state index contributed by atoms with van der Waals surface area (Å²) in [6, 6.07) is 5.24. The van der Waals surface area contributed by atoms with E-state index < -0.39 is 18.3 Å². The first-order chi connectivity index (χ1) is 9.12. The predicted octanol–water partition coefficient (Wildman–Crippen LogP) is 2.95. The van der Waals surface area contributed by atoms with Gasteiger partial charge in [0, 0.05) is 6.04 Å². The molecule has 0 spiro atoms. The molecule has 0 amide bonds. The molecule has 0 bridgehead atoms. The predicted molar refractivity (Wildman–Crippen MR) is 80.9 cm³/mol. The highest BCUT2D eigenvalue weighted by molar-refractivity contribution is 6.62. The smallest absolute Gasteiger partial charge is 0.399 e. The van der Waals surface area contributed by atoms with Crippen molar-refractivity contribution in [1.29, 1.82) is 0 Å². The van der Waals surface area contributed by atoms with Crippen LogP contribution in [0.4, 0.5) is 10.1 Å². The lowest BCUT2D eigenvalue weighted by molar-refractivity contribution is 0.00578. The van der Waals surface area contributed by atoms with Gasteiger partial charge in [0.15, 0.2) is 0 Å². The molecule has 1 saturated heterocycles. The molecule has 0 radical (unpaired) electrons. The summed E-state index contributed by atoms with van der Waals surface area (Å²) in [5, 5.41) is 3.07. The molecule has 3 nitrogen and oxygen atoms in total. The van der Waals surface area contributed by atoms with Crippen molar-refractivity contribution in [1.82, 2.24) is 0 Å². The molecule has 1 aliphatic heterocycles. The Kier molecular flexibility index (Phi) is 3.86. The van der Waals surface area contributed by atoms with Crippen LogP contribution in [-0.2, 0) is 9.31 Å². The van der Waals surface area contributed by atoms with Crippen LogP contribution in [0.2, 0.25) is 0 Å². The fourth-order valence-electron chi connectivity index (χ4n) is 2.09. The molecule has 1 aromatic rings. The van der Waals surface area contributed by atoms with Crippen LogP contribution in [-0.4, -0.2) is 24.4 Å². The standard InChI is InChI=1S/C15H23BFNO2/c1-10(2)18-13-8-7-11(9-12(13)17)16-19-14(3,4)15(5,6)20-16/h7-10,18H,1-6H3. The highest BCUT2D eigenvalue weighted by Crippen LogP contribution is 2.36. The lowest BCUT2D eigenvalue weighted by atomic mass is 9.79. The number of anilines is 1. The van der Waals surface area contributed by atoms with E-state index in [0.29, 0.717) is 11.2 Å². The Morgan fingerprint density at radius 1 is 1.10 bits per heavy atom. The van der Waals surface area contributed by atoms with E-state index in [1.807, 2.05) is 47.6 Å². The Hall–Kier alpha value is -1.07. The fourth-order valence-corrected chi connectivity index (χ4v) is 2.09. The van der Waals surface area contributed by atoms with Crippen LogP contribution in [0, 0.1) is 5.82 Å². The first kappa shape index (κ1) is 15.3. The molecule has 1 fully saturated rings. The van der Waals surface area contributed by atoms with Crippen molar-refractivity contribution in [2.75, 3.05) is 5.32 Å². The van der Waals surface area contributed by atoms with Crippen molar-refractivity contribution in [3.63, 3.8) is 0 Å². The van der Waals surface area contributed by atoms with E-state index in [9.17, 15) is 4.39 Å². The maximum Gasteiger partial charge on any atom is 0.494 e. The number of rotatable bonds is 3. The maximum atomic E-state index is 14.1. The quantitative estimate of drug-likeness (QED) is 0.863. The molecule has 0 atom stereocenters. The molecule has 110 valence electrons. The van der Waals surface area contributed by atoms with E-state index in [2.05, 4.69) is 5.32 Å². The molecule has 5 heteroatoms. The SMILES string of the molecule is CC(C)Nc1ccc(B2OC(C)(C)C(C)(C)O2)cc1F. The minimum absolute atomic E-state index is 0.187. The van der Waals surface area contributed by atoms with Gasteiger partial charge in [0.2, 0.25) is 0 Å². The van der Waals surface area contributed by atoms with E-state index in [1.54, 1.807) is 6.07 Å². The van der Waals surface area contributed by atoms with Crippen molar-refractivity contribution < 1.29 is 13.7 Å². The van der Waals surface area contributed by atoms with Gasteiger partial charge >= 0.3 is 7.12 Å². The van der Waals surface area contributed by atoms with E-state index in [-0.39, 0.29) is 11.9 Å². The Morgan fingerprint density at radius 2 is 1.65 bits per heavy atom. The number of hydrogen-bond acceptors (Lipinski definition) is 3. The average molecular weight is 279 g/mol. The molecule has 20 heavy (non-hydrogen) atoms. The molecule has 1 aromatic carbocycles. The summed E-state index contributed by atoms with van der Waals surface area (Å²) in [4.78, 5) is 0. The van der Waals surface area contributed by atoms with Crippen molar-refractivity contribution in [2.45, 2.75) is 58.8 Å². The van der Waals surface area contributed by atoms with E-state index in [4.69, 9.17) is 9.31 Å². The molecular formula is C15H23BFNO2. The van der Waals surface area contributed by atoms with Gasteiger partial charge in [-0.2, -0.15) is 0 Å². The first-order valence-electron chi connectivity index (χ1n) is 7.04. The number of benzene rings is 1. The Bertz CT molecular complexity index is 487. The third-order valence-corrected chi connectivity index (χ3v) is 3.96. The second-order valence-electron chi connectivity index (χ2n) is 6.63. The van der Waals surface area contributed by atoms with Gasteiger partial charge in [-0.1, -0.05) is 6.07 Å². The third kappa shape index (κ3) is 2.84. The van der Waals surface area contributed by atoms with Crippen molar-refractivity contribution >= 4 is 18.3 Å². The van der Waals surface area contributed by atoms with Crippen LogP contribution in [0.1, 0.15) is 41.5 Å². The molecular weight excluding hydrogens is 256 g/mol. The van der Waals surface area contributed by atoms with Crippen molar-refractivity contribution in [3.8, 4) is 0 Å². The third-order valence-electron chi connectivity index (χ3n) is 3.96. The normalized spacial score (nSPS) is 20.5. The molecule has 1 heterocycles. The Labute approximate surface area is 121 Å². The van der Waals surface area contributed by atoms with Gasteiger partial charge in [-0.05, 0) is 59.1 Å². The molecule has 0 unspecified atom stereocenters. The van der Waals surface area contributed by atoms with E-state index >= 15 is 0 Å². The zero-order chi connectivity index (χ0) is 15.1. The van der Waals surface area contributed by atoms with Gasteiger partial charge in [0.1, 0.15) is 5.82 Å². The number of halogens is 1. The minimum Gasteiger partial charge on any atom is -0.399 e. The van der Waals surface area contributed by atoms with Crippen molar-refractivity contribution in [3.05, 3.63) is 24.0 Å².